The highest BCUT2D eigenvalue weighted by Crippen LogP contribution is 2.24. The molecule has 6 nitrogen and oxygen atoms in total. The van der Waals surface area contributed by atoms with Crippen molar-refractivity contribution in [1.29, 1.82) is 0 Å². The van der Waals surface area contributed by atoms with E-state index in [1.54, 1.807) is 19.2 Å². The van der Waals surface area contributed by atoms with E-state index < -0.39 is 0 Å². The molecule has 2 rings (SSSR count). The Hall–Kier alpha value is -2.31. The Bertz CT molecular complexity index is 794. The third-order valence-corrected chi connectivity index (χ3v) is 4.88. The minimum Gasteiger partial charge on any atom is -0.497 e. The predicted molar refractivity (Wildman–Crippen MR) is 115 cm³/mol. The van der Waals surface area contributed by atoms with Gasteiger partial charge >= 0.3 is 0 Å². The number of pyridine rings is 1. The normalized spacial score (nSPS) is 12.0. The number of amides is 1. The number of nitrogens with zero attached hydrogens (tertiary/aromatic N) is 3. The summed E-state index contributed by atoms with van der Waals surface area (Å²) in [6.07, 6.45) is 0. The fourth-order valence-corrected chi connectivity index (χ4v) is 3.31. The number of ether oxygens (including phenoxy) is 1. The molecule has 2 aromatic rings. The quantitative estimate of drug-likeness (QED) is 0.647. The van der Waals surface area contributed by atoms with E-state index in [0.29, 0.717) is 23.1 Å². The number of benzene rings is 1. The first-order valence-electron chi connectivity index (χ1n) is 9.40. The van der Waals surface area contributed by atoms with Crippen molar-refractivity contribution >= 4 is 23.3 Å². The highest BCUT2D eigenvalue weighted by Gasteiger charge is 2.20. The molecule has 0 aliphatic rings. The van der Waals surface area contributed by atoms with Gasteiger partial charge in [0.1, 0.15) is 16.7 Å². The third kappa shape index (κ3) is 5.59. The number of anilines is 1. The first-order chi connectivity index (χ1) is 13.4. The lowest BCUT2D eigenvalue weighted by atomic mass is 10.0. The summed E-state index contributed by atoms with van der Waals surface area (Å²) in [6.45, 7) is 6.46. The van der Waals surface area contributed by atoms with Crippen molar-refractivity contribution < 1.29 is 9.53 Å². The van der Waals surface area contributed by atoms with E-state index >= 15 is 0 Å². The van der Waals surface area contributed by atoms with Gasteiger partial charge in [-0.1, -0.05) is 37.6 Å². The highest BCUT2D eigenvalue weighted by molar-refractivity contribution is 6.29. The largest absolute Gasteiger partial charge is 0.497 e. The van der Waals surface area contributed by atoms with Crippen LogP contribution >= 0.6 is 11.6 Å². The van der Waals surface area contributed by atoms with Crippen LogP contribution in [-0.2, 0) is 0 Å². The van der Waals surface area contributed by atoms with Gasteiger partial charge in [0, 0.05) is 26.2 Å². The number of carbonyl (C=O) groups excluding carboxylic acids is 1. The average molecular weight is 405 g/mol. The standard InChI is InChI=1S/C21H29ClN4O2/c1-6-26(7-2)18(15-9-8-10-17(11-15)28-5)14-23-21(27)16-12-19(22)24-20(13-16)25(3)4/h8-13,18H,6-7,14H2,1-5H3,(H,23,27). The number of rotatable bonds is 9. The SMILES string of the molecule is CCN(CC)C(CNC(=O)c1cc(Cl)nc(N(C)C)c1)c1cccc(OC)c1. The molecule has 0 aliphatic heterocycles. The fraction of sp³-hybridized carbons (Fsp3) is 0.429. The lowest BCUT2D eigenvalue weighted by Crippen LogP contribution is -2.38. The Morgan fingerprint density at radius 1 is 1.21 bits per heavy atom. The van der Waals surface area contributed by atoms with Gasteiger partial charge in [0.05, 0.1) is 13.2 Å². The third-order valence-electron chi connectivity index (χ3n) is 4.69. The second-order valence-corrected chi connectivity index (χ2v) is 7.04. The Morgan fingerprint density at radius 3 is 2.54 bits per heavy atom. The van der Waals surface area contributed by atoms with Crippen LogP contribution < -0.4 is 15.0 Å². The van der Waals surface area contributed by atoms with E-state index in [0.717, 1.165) is 24.4 Å². The number of hydrogen-bond acceptors (Lipinski definition) is 5. The Labute approximate surface area is 172 Å². The van der Waals surface area contributed by atoms with Crippen molar-refractivity contribution in [3.8, 4) is 5.75 Å². The fourth-order valence-electron chi connectivity index (χ4n) is 3.11. The maximum absolute atomic E-state index is 12.8. The van der Waals surface area contributed by atoms with Gasteiger partial charge in [-0.3, -0.25) is 9.69 Å². The van der Waals surface area contributed by atoms with Gasteiger partial charge in [-0.05, 0) is 42.9 Å². The van der Waals surface area contributed by atoms with Crippen LogP contribution in [0.1, 0.15) is 35.8 Å². The zero-order valence-corrected chi connectivity index (χ0v) is 18.0. The minimum absolute atomic E-state index is 0.0414. The monoisotopic (exact) mass is 404 g/mol. The van der Waals surface area contributed by atoms with Crippen LogP contribution in [0.5, 0.6) is 5.75 Å². The Morgan fingerprint density at radius 2 is 1.93 bits per heavy atom. The first-order valence-corrected chi connectivity index (χ1v) is 9.78. The lowest BCUT2D eigenvalue weighted by Gasteiger charge is -2.30. The maximum Gasteiger partial charge on any atom is 0.251 e. The molecule has 28 heavy (non-hydrogen) atoms. The van der Waals surface area contributed by atoms with Crippen molar-refractivity contribution in [1.82, 2.24) is 15.2 Å². The van der Waals surface area contributed by atoms with E-state index in [9.17, 15) is 4.79 Å². The Balaban J connectivity index is 2.22. The van der Waals surface area contributed by atoms with Crippen LogP contribution in [0.3, 0.4) is 0 Å². The number of methoxy groups -OCH3 is 1. The summed E-state index contributed by atoms with van der Waals surface area (Å²) in [5.41, 5.74) is 1.60. The summed E-state index contributed by atoms with van der Waals surface area (Å²) in [6, 6.07) is 11.3. The van der Waals surface area contributed by atoms with Crippen molar-refractivity contribution in [3.63, 3.8) is 0 Å². The van der Waals surface area contributed by atoms with Crippen molar-refractivity contribution in [2.75, 3.05) is 45.7 Å². The summed E-state index contributed by atoms with van der Waals surface area (Å²) >= 11 is 6.09. The summed E-state index contributed by atoms with van der Waals surface area (Å²) in [4.78, 5) is 21.1. The molecule has 7 heteroatoms. The molecule has 1 heterocycles. The van der Waals surface area contributed by atoms with Gasteiger partial charge in [0.15, 0.2) is 0 Å². The smallest absolute Gasteiger partial charge is 0.251 e. The van der Waals surface area contributed by atoms with Gasteiger partial charge in [-0.15, -0.1) is 0 Å². The van der Waals surface area contributed by atoms with E-state index in [2.05, 4.69) is 35.1 Å². The molecule has 152 valence electrons. The predicted octanol–water partition coefficient (Wildman–Crippen LogP) is 3.62. The summed E-state index contributed by atoms with van der Waals surface area (Å²) < 4.78 is 5.36. The molecule has 0 radical (unpaired) electrons. The zero-order valence-electron chi connectivity index (χ0n) is 17.2. The van der Waals surface area contributed by atoms with Gasteiger partial charge < -0.3 is 15.0 Å². The number of likely N-dealkylation sites (N-methyl/N-ethyl adjacent to an activating group) is 1. The number of aromatic nitrogens is 1. The molecule has 0 fully saturated rings. The molecule has 0 aliphatic carbocycles. The molecular weight excluding hydrogens is 376 g/mol. The number of carbonyl (C=O) groups is 1. The summed E-state index contributed by atoms with van der Waals surface area (Å²) in [5.74, 6) is 1.27. The molecule has 1 unspecified atom stereocenters. The molecule has 0 saturated carbocycles. The van der Waals surface area contributed by atoms with Crippen molar-refractivity contribution in [2.45, 2.75) is 19.9 Å². The average Bonchev–Trinajstić information content (AvgIpc) is 2.70. The number of halogens is 1. The van der Waals surface area contributed by atoms with Gasteiger partial charge in [-0.25, -0.2) is 4.98 Å². The van der Waals surface area contributed by atoms with E-state index in [-0.39, 0.29) is 11.9 Å². The van der Waals surface area contributed by atoms with Crippen LogP contribution in [0.25, 0.3) is 0 Å². The summed E-state index contributed by atoms with van der Waals surface area (Å²) in [5, 5.41) is 3.35. The second kappa shape index (κ2) is 10.3. The van der Waals surface area contributed by atoms with Crippen LogP contribution in [0.2, 0.25) is 5.15 Å². The molecule has 1 aromatic carbocycles. The van der Waals surface area contributed by atoms with Crippen LogP contribution in [0, 0.1) is 0 Å². The molecule has 1 N–H and O–H groups in total. The van der Waals surface area contributed by atoms with E-state index in [4.69, 9.17) is 16.3 Å². The number of nitrogens with one attached hydrogen (secondary N) is 1. The molecule has 1 aromatic heterocycles. The molecule has 0 bridgehead atoms. The topological polar surface area (TPSA) is 57.7 Å². The first kappa shape index (κ1) is 22.0. The minimum atomic E-state index is -0.174. The highest BCUT2D eigenvalue weighted by atomic mass is 35.5. The van der Waals surface area contributed by atoms with Crippen LogP contribution in [0.4, 0.5) is 5.82 Å². The molecule has 1 atom stereocenters. The summed E-state index contributed by atoms with van der Waals surface area (Å²) in [7, 11) is 5.38. The molecular formula is C21H29ClN4O2. The van der Waals surface area contributed by atoms with Crippen LogP contribution in [0.15, 0.2) is 36.4 Å². The molecule has 0 spiro atoms. The van der Waals surface area contributed by atoms with Gasteiger partial charge in [-0.2, -0.15) is 0 Å². The second-order valence-electron chi connectivity index (χ2n) is 6.65. The molecule has 1 amide bonds. The maximum atomic E-state index is 12.8. The lowest BCUT2D eigenvalue weighted by molar-refractivity contribution is 0.0935. The van der Waals surface area contributed by atoms with Crippen LogP contribution in [-0.4, -0.2) is 56.6 Å². The Kier molecular flexibility index (Phi) is 8.08. The van der Waals surface area contributed by atoms with Crippen molar-refractivity contribution in [2.24, 2.45) is 0 Å². The van der Waals surface area contributed by atoms with Gasteiger partial charge in [0.2, 0.25) is 0 Å². The van der Waals surface area contributed by atoms with Gasteiger partial charge in [0.25, 0.3) is 5.91 Å². The van der Waals surface area contributed by atoms with E-state index in [1.165, 1.54) is 0 Å². The number of hydrogen-bond donors (Lipinski definition) is 1. The zero-order chi connectivity index (χ0) is 20.7. The molecule has 0 saturated heterocycles. The van der Waals surface area contributed by atoms with Crippen molar-refractivity contribution in [3.05, 3.63) is 52.7 Å². The van der Waals surface area contributed by atoms with E-state index in [1.807, 2.05) is 37.2 Å².